The van der Waals surface area contributed by atoms with Crippen LogP contribution in [0.15, 0.2) is 24.3 Å². The summed E-state index contributed by atoms with van der Waals surface area (Å²) in [4.78, 5) is 28.7. The summed E-state index contributed by atoms with van der Waals surface area (Å²) in [5.41, 5.74) is 1.67. The zero-order valence-electron chi connectivity index (χ0n) is 12.5. The van der Waals surface area contributed by atoms with Gasteiger partial charge in [-0.05, 0) is 18.2 Å². The molecule has 0 atom stereocenters. The number of carbonyl (C=O) groups excluding carboxylic acids is 1. The maximum absolute atomic E-state index is 12.5. The summed E-state index contributed by atoms with van der Waals surface area (Å²) in [6.07, 6.45) is 0. The fourth-order valence-electron chi connectivity index (χ4n) is 2.40. The van der Waals surface area contributed by atoms with Gasteiger partial charge in [0.25, 0.3) is 5.91 Å². The minimum Gasteiger partial charge on any atom is -0.480 e. The van der Waals surface area contributed by atoms with Crippen molar-refractivity contribution >= 4 is 17.6 Å². The molecule has 1 heterocycles. The molecule has 0 radical (unpaired) electrons. The third-order valence-electron chi connectivity index (χ3n) is 3.63. The van der Waals surface area contributed by atoms with Crippen LogP contribution in [0.1, 0.15) is 10.4 Å². The Morgan fingerprint density at radius 1 is 1.19 bits per heavy atom. The van der Waals surface area contributed by atoms with Crippen molar-refractivity contribution in [2.45, 2.75) is 0 Å². The van der Waals surface area contributed by atoms with Crippen LogP contribution in [0.4, 0.5) is 5.69 Å². The third-order valence-corrected chi connectivity index (χ3v) is 3.63. The van der Waals surface area contributed by atoms with Gasteiger partial charge in [-0.3, -0.25) is 14.5 Å². The summed E-state index contributed by atoms with van der Waals surface area (Å²) in [7, 11) is 3.88. The molecule has 0 aliphatic carbocycles. The van der Waals surface area contributed by atoms with E-state index in [9.17, 15) is 9.59 Å². The predicted molar refractivity (Wildman–Crippen MR) is 80.7 cm³/mol. The first-order valence-corrected chi connectivity index (χ1v) is 6.98. The highest BCUT2D eigenvalue weighted by Crippen LogP contribution is 2.16. The Bertz CT molecular complexity index is 523. The highest BCUT2D eigenvalue weighted by Gasteiger charge is 2.23. The molecule has 1 amide bonds. The number of hydrogen-bond acceptors (Lipinski definition) is 4. The van der Waals surface area contributed by atoms with E-state index < -0.39 is 5.97 Å². The summed E-state index contributed by atoms with van der Waals surface area (Å²) < 4.78 is 0. The average Bonchev–Trinajstić information content (AvgIpc) is 2.47. The van der Waals surface area contributed by atoms with E-state index >= 15 is 0 Å². The van der Waals surface area contributed by atoms with Gasteiger partial charge in [-0.2, -0.15) is 0 Å². The van der Waals surface area contributed by atoms with Gasteiger partial charge in [-0.1, -0.05) is 6.07 Å². The van der Waals surface area contributed by atoms with E-state index in [2.05, 4.69) is 0 Å². The molecule has 1 saturated heterocycles. The van der Waals surface area contributed by atoms with Crippen LogP contribution in [0.5, 0.6) is 0 Å². The molecule has 1 fully saturated rings. The van der Waals surface area contributed by atoms with Crippen LogP contribution in [0.2, 0.25) is 0 Å². The van der Waals surface area contributed by atoms with Crippen LogP contribution < -0.4 is 4.90 Å². The molecule has 0 bridgehead atoms. The molecular weight excluding hydrogens is 270 g/mol. The monoisotopic (exact) mass is 291 g/mol. The Kier molecular flexibility index (Phi) is 4.80. The van der Waals surface area contributed by atoms with Crippen LogP contribution in [0.3, 0.4) is 0 Å². The number of carboxylic acid groups (broad SMARTS) is 1. The lowest BCUT2D eigenvalue weighted by molar-refractivity contribution is -0.138. The first kappa shape index (κ1) is 15.3. The number of aliphatic carboxylic acids is 1. The first-order chi connectivity index (χ1) is 9.97. The quantitative estimate of drug-likeness (QED) is 0.880. The summed E-state index contributed by atoms with van der Waals surface area (Å²) in [6, 6.07) is 7.54. The number of carbonyl (C=O) groups is 2. The zero-order chi connectivity index (χ0) is 15.4. The Morgan fingerprint density at radius 2 is 1.86 bits per heavy atom. The molecule has 6 heteroatoms. The Labute approximate surface area is 124 Å². The summed E-state index contributed by atoms with van der Waals surface area (Å²) in [6.45, 7) is 2.38. The van der Waals surface area contributed by atoms with Gasteiger partial charge in [0, 0.05) is 51.5 Å². The van der Waals surface area contributed by atoms with E-state index in [0.717, 1.165) is 5.69 Å². The van der Waals surface area contributed by atoms with Crippen LogP contribution in [-0.4, -0.2) is 73.6 Å². The second-order valence-corrected chi connectivity index (χ2v) is 5.41. The maximum Gasteiger partial charge on any atom is 0.317 e. The van der Waals surface area contributed by atoms with Crippen molar-refractivity contribution in [3.05, 3.63) is 29.8 Å². The van der Waals surface area contributed by atoms with Gasteiger partial charge in [0.1, 0.15) is 0 Å². The second kappa shape index (κ2) is 6.58. The van der Waals surface area contributed by atoms with Crippen LogP contribution in [-0.2, 0) is 4.79 Å². The average molecular weight is 291 g/mol. The number of piperazine rings is 1. The number of anilines is 1. The van der Waals surface area contributed by atoms with Crippen molar-refractivity contribution in [3.8, 4) is 0 Å². The fraction of sp³-hybridized carbons (Fsp3) is 0.467. The van der Waals surface area contributed by atoms with E-state index in [0.29, 0.717) is 31.7 Å². The largest absolute Gasteiger partial charge is 0.480 e. The van der Waals surface area contributed by atoms with E-state index in [1.54, 1.807) is 4.90 Å². The molecule has 2 rings (SSSR count). The number of rotatable bonds is 4. The summed E-state index contributed by atoms with van der Waals surface area (Å²) in [5.74, 6) is -0.817. The SMILES string of the molecule is CN(C)c1cccc(C(=O)N2CCN(CC(=O)O)CC2)c1. The van der Waals surface area contributed by atoms with Crippen molar-refractivity contribution in [3.63, 3.8) is 0 Å². The van der Waals surface area contributed by atoms with E-state index in [4.69, 9.17) is 5.11 Å². The van der Waals surface area contributed by atoms with Gasteiger partial charge in [-0.15, -0.1) is 0 Å². The molecule has 6 nitrogen and oxygen atoms in total. The van der Waals surface area contributed by atoms with Crippen molar-refractivity contribution in [2.24, 2.45) is 0 Å². The van der Waals surface area contributed by atoms with E-state index in [1.807, 2.05) is 48.2 Å². The highest BCUT2D eigenvalue weighted by atomic mass is 16.4. The molecule has 1 aromatic rings. The summed E-state index contributed by atoms with van der Waals surface area (Å²) in [5, 5.41) is 8.77. The Morgan fingerprint density at radius 3 is 2.43 bits per heavy atom. The van der Waals surface area contributed by atoms with E-state index in [-0.39, 0.29) is 12.5 Å². The second-order valence-electron chi connectivity index (χ2n) is 5.41. The number of benzene rings is 1. The minimum absolute atomic E-state index is 0.00803. The molecule has 1 aliphatic heterocycles. The zero-order valence-corrected chi connectivity index (χ0v) is 12.5. The van der Waals surface area contributed by atoms with Crippen molar-refractivity contribution < 1.29 is 14.7 Å². The fourth-order valence-corrected chi connectivity index (χ4v) is 2.40. The molecule has 1 aromatic carbocycles. The lowest BCUT2D eigenvalue weighted by atomic mass is 10.1. The topological polar surface area (TPSA) is 64.1 Å². The molecule has 0 aromatic heterocycles. The molecular formula is C15H21N3O3. The van der Waals surface area contributed by atoms with Gasteiger partial charge in [0.2, 0.25) is 0 Å². The van der Waals surface area contributed by atoms with Crippen LogP contribution in [0, 0.1) is 0 Å². The van der Waals surface area contributed by atoms with Crippen molar-refractivity contribution in [2.75, 3.05) is 51.7 Å². The first-order valence-electron chi connectivity index (χ1n) is 6.98. The number of carboxylic acids is 1. The van der Waals surface area contributed by atoms with Crippen molar-refractivity contribution in [1.29, 1.82) is 0 Å². The number of amides is 1. The van der Waals surface area contributed by atoms with Gasteiger partial charge >= 0.3 is 5.97 Å². The lowest BCUT2D eigenvalue weighted by Crippen LogP contribution is -2.49. The van der Waals surface area contributed by atoms with E-state index in [1.165, 1.54) is 0 Å². The maximum atomic E-state index is 12.5. The lowest BCUT2D eigenvalue weighted by Gasteiger charge is -2.34. The Balaban J connectivity index is 1.98. The third kappa shape index (κ3) is 3.95. The predicted octanol–water partition coefficient (Wildman–Crippen LogP) is 0.595. The Hall–Kier alpha value is -2.08. The molecule has 0 unspecified atom stereocenters. The smallest absolute Gasteiger partial charge is 0.317 e. The molecule has 114 valence electrons. The minimum atomic E-state index is -0.825. The van der Waals surface area contributed by atoms with Crippen LogP contribution >= 0.6 is 0 Å². The van der Waals surface area contributed by atoms with Gasteiger partial charge < -0.3 is 14.9 Å². The van der Waals surface area contributed by atoms with Gasteiger partial charge in [0.15, 0.2) is 0 Å². The van der Waals surface area contributed by atoms with Crippen molar-refractivity contribution in [1.82, 2.24) is 9.80 Å². The molecule has 1 aliphatic rings. The molecule has 1 N–H and O–H groups in total. The number of hydrogen-bond donors (Lipinski definition) is 1. The molecule has 21 heavy (non-hydrogen) atoms. The molecule has 0 spiro atoms. The summed E-state index contributed by atoms with van der Waals surface area (Å²) >= 11 is 0. The highest BCUT2D eigenvalue weighted by molar-refractivity contribution is 5.95. The van der Waals surface area contributed by atoms with Gasteiger partial charge in [-0.25, -0.2) is 0 Å². The van der Waals surface area contributed by atoms with Crippen LogP contribution in [0.25, 0.3) is 0 Å². The van der Waals surface area contributed by atoms with Gasteiger partial charge in [0.05, 0.1) is 6.54 Å². The normalized spacial score (nSPS) is 15.8. The number of nitrogens with zero attached hydrogens (tertiary/aromatic N) is 3. The molecule has 0 saturated carbocycles. The standard InChI is InChI=1S/C15H21N3O3/c1-16(2)13-5-3-4-12(10-13)15(21)18-8-6-17(7-9-18)11-14(19)20/h3-5,10H,6-9,11H2,1-2H3,(H,19,20).